The molecule has 6 rings (SSSR count). The van der Waals surface area contributed by atoms with Gasteiger partial charge < -0.3 is 14.1 Å². The van der Waals surface area contributed by atoms with Gasteiger partial charge in [-0.1, -0.05) is 62.4 Å². The van der Waals surface area contributed by atoms with Crippen LogP contribution in [-0.2, 0) is 31.1 Å². The van der Waals surface area contributed by atoms with Gasteiger partial charge in [0.15, 0.2) is 12.3 Å². The highest BCUT2D eigenvalue weighted by Crippen LogP contribution is 2.42. The van der Waals surface area contributed by atoms with E-state index in [1.807, 2.05) is 101 Å². The van der Waals surface area contributed by atoms with Gasteiger partial charge in [-0.25, -0.2) is 0 Å². The maximum atomic E-state index is 12.4. The third-order valence-corrected chi connectivity index (χ3v) is 10.1. The van der Waals surface area contributed by atoms with Crippen molar-refractivity contribution in [1.82, 2.24) is 5.48 Å². The fraction of sp³-hybridized carbons (Fsp3) is 0.286. The molecule has 13 heteroatoms. The van der Waals surface area contributed by atoms with E-state index in [-0.39, 0.29) is 24.3 Å². The number of hydrogen-bond acceptors (Lipinski definition) is 9. The molecule has 4 aromatic carbocycles. The number of benzene rings is 4. The van der Waals surface area contributed by atoms with Gasteiger partial charge in [-0.2, -0.15) is 31.2 Å². The molecule has 0 spiro atoms. The Hall–Kier alpha value is -4.27. The number of oxazole rings is 1. The monoisotopic (exact) mass is 692 g/mol. The first-order valence-corrected chi connectivity index (χ1v) is 19.1. The molecule has 11 nitrogen and oxygen atoms in total. The lowest BCUT2D eigenvalue weighted by atomic mass is 10.1. The number of nitrogens with one attached hydrogen (secondary N) is 1. The molecule has 5 aromatic rings. The van der Waals surface area contributed by atoms with Gasteiger partial charge in [0.2, 0.25) is 11.5 Å². The Balaban J connectivity index is 1.38. The van der Waals surface area contributed by atoms with Crippen LogP contribution in [0.15, 0.2) is 94.7 Å². The summed E-state index contributed by atoms with van der Waals surface area (Å²) in [4.78, 5) is 1.97. The number of fused-ring (bicyclic) bond motifs is 4. The average Bonchev–Trinajstić information content (AvgIpc) is 3.56. The third-order valence-electron chi connectivity index (χ3n) is 8.11. The zero-order valence-electron chi connectivity index (χ0n) is 26.8. The summed E-state index contributed by atoms with van der Waals surface area (Å²) >= 11 is 0. The number of hydroxylamine groups is 1. The molecule has 0 saturated carbocycles. The van der Waals surface area contributed by atoms with E-state index >= 15 is 0 Å². The largest absolute Gasteiger partial charge is 0.439 e. The van der Waals surface area contributed by atoms with Crippen LogP contribution < -0.4 is 19.7 Å². The van der Waals surface area contributed by atoms with Crippen molar-refractivity contribution in [3.63, 3.8) is 0 Å². The Bertz CT molecular complexity index is 2260. The molecule has 2 heterocycles. The lowest BCUT2D eigenvalue weighted by Crippen LogP contribution is -2.36. The first-order valence-electron chi connectivity index (χ1n) is 15.9. The van der Waals surface area contributed by atoms with Gasteiger partial charge in [-0.3, -0.25) is 4.55 Å². The number of allylic oxidation sites excluding steroid dienone is 2. The summed E-state index contributed by atoms with van der Waals surface area (Å²) < 4.78 is 76.7. The minimum absolute atomic E-state index is 0.180. The number of anilines is 1. The summed E-state index contributed by atoms with van der Waals surface area (Å²) in [6, 6.07) is 23.9. The molecule has 0 unspecified atom stereocenters. The standard InChI is InChI=1S/C35H37N3O8S2/c1-3-25(19-34-37(15-9-17-47(39,40)41)30-21-26-11-5-7-13-28(26)23-32(30)44-34)20-35-38(16-10-18-48(42,43)46-36-4-2)31-22-27-12-6-8-14-29(27)24-33(31)45-35/h5-8,11-14,19-24,36H,3-4,9-10,15-18H2,1-2H3/p+1. The topological polar surface area (TPSA) is 139 Å². The van der Waals surface area contributed by atoms with Crippen molar-refractivity contribution >= 4 is 64.6 Å². The number of nitrogens with zero attached hydrogens (tertiary/aromatic N) is 2. The van der Waals surface area contributed by atoms with Crippen molar-refractivity contribution in [2.75, 3.05) is 29.5 Å². The van der Waals surface area contributed by atoms with Crippen LogP contribution in [0.25, 0.3) is 38.7 Å². The van der Waals surface area contributed by atoms with Gasteiger partial charge >= 0.3 is 5.89 Å². The molecule has 252 valence electrons. The number of aryl methyl sites for hydroxylation is 1. The second-order valence-corrected chi connectivity index (χ2v) is 14.8. The Morgan fingerprint density at radius 3 is 2.25 bits per heavy atom. The minimum Gasteiger partial charge on any atom is -0.439 e. The van der Waals surface area contributed by atoms with Crippen molar-refractivity contribution in [1.29, 1.82) is 0 Å². The van der Waals surface area contributed by atoms with E-state index in [9.17, 15) is 21.4 Å². The maximum absolute atomic E-state index is 12.4. The Morgan fingerprint density at radius 1 is 0.917 bits per heavy atom. The lowest BCUT2D eigenvalue weighted by Gasteiger charge is -2.19. The summed E-state index contributed by atoms with van der Waals surface area (Å²) in [6.45, 7) is 4.78. The van der Waals surface area contributed by atoms with Crippen LogP contribution in [-0.4, -0.2) is 46.0 Å². The zero-order chi connectivity index (χ0) is 33.9. The minimum atomic E-state index is -4.13. The van der Waals surface area contributed by atoms with Gasteiger partial charge in [-0.15, -0.1) is 0 Å². The summed E-state index contributed by atoms with van der Waals surface area (Å²) in [5, 5.41) is 4.07. The Kier molecular flexibility index (Phi) is 9.85. The number of ether oxygens (including phenoxy) is 1. The van der Waals surface area contributed by atoms with Crippen molar-refractivity contribution < 1.29 is 39.4 Å². The molecular weight excluding hydrogens is 655 g/mol. The van der Waals surface area contributed by atoms with Crippen LogP contribution in [0.5, 0.6) is 5.75 Å². The molecule has 0 saturated heterocycles. The van der Waals surface area contributed by atoms with Gasteiger partial charge in [0, 0.05) is 31.7 Å². The highest BCUT2D eigenvalue weighted by molar-refractivity contribution is 7.86. The highest BCUT2D eigenvalue weighted by Gasteiger charge is 2.28. The van der Waals surface area contributed by atoms with Gasteiger partial charge in [-0.05, 0) is 58.2 Å². The molecule has 0 aliphatic carbocycles. The first kappa shape index (κ1) is 33.6. The molecule has 0 fully saturated rings. The first-order chi connectivity index (χ1) is 23.0. The van der Waals surface area contributed by atoms with E-state index in [0.29, 0.717) is 49.2 Å². The highest BCUT2D eigenvalue weighted by atomic mass is 32.2. The van der Waals surface area contributed by atoms with E-state index in [4.69, 9.17) is 13.4 Å². The average molecular weight is 693 g/mol. The van der Waals surface area contributed by atoms with Gasteiger partial charge in [0.05, 0.1) is 23.3 Å². The van der Waals surface area contributed by atoms with Crippen LogP contribution in [0, 0.1) is 0 Å². The van der Waals surface area contributed by atoms with Crippen molar-refractivity contribution in [2.24, 2.45) is 0 Å². The molecule has 0 bridgehead atoms. The number of hydrogen-bond donors (Lipinski definition) is 2. The van der Waals surface area contributed by atoms with E-state index in [0.717, 1.165) is 38.3 Å². The molecule has 0 amide bonds. The van der Waals surface area contributed by atoms with E-state index < -0.39 is 20.2 Å². The molecule has 0 atom stereocenters. The fourth-order valence-electron chi connectivity index (χ4n) is 5.81. The fourth-order valence-corrected chi connectivity index (χ4v) is 7.16. The second-order valence-electron chi connectivity index (χ2n) is 11.6. The molecule has 0 radical (unpaired) electrons. The molecule has 1 aliphatic rings. The Morgan fingerprint density at radius 2 is 1.58 bits per heavy atom. The van der Waals surface area contributed by atoms with Gasteiger partial charge in [0.25, 0.3) is 25.8 Å². The van der Waals surface area contributed by atoms with Crippen LogP contribution in [0.2, 0.25) is 0 Å². The lowest BCUT2D eigenvalue weighted by molar-refractivity contribution is -0.677. The smallest absolute Gasteiger partial charge is 0.374 e. The van der Waals surface area contributed by atoms with E-state index in [1.165, 1.54) is 0 Å². The summed E-state index contributed by atoms with van der Waals surface area (Å²) in [5.41, 5.74) is 5.56. The normalized spacial score (nSPS) is 14.8. The molecule has 2 N–H and O–H groups in total. The predicted octanol–water partition coefficient (Wildman–Crippen LogP) is 6.10. The second kappa shape index (κ2) is 14.1. The zero-order valence-corrected chi connectivity index (χ0v) is 28.4. The van der Waals surface area contributed by atoms with Crippen LogP contribution in [0.3, 0.4) is 0 Å². The quantitative estimate of drug-likeness (QED) is 0.0798. The SMILES string of the molecule is CCNOS(=O)(=O)CCCN1C(=CC(=Cc2oc3cc4ccccc4cc3[n+]2CCCS(=O)(=O)O)CC)Oc2cc3ccccc3cc21. The van der Waals surface area contributed by atoms with Crippen LogP contribution in [0.1, 0.15) is 39.0 Å². The van der Waals surface area contributed by atoms with Crippen molar-refractivity contribution in [3.8, 4) is 5.75 Å². The van der Waals surface area contributed by atoms with Crippen LogP contribution in [0.4, 0.5) is 5.69 Å². The number of rotatable bonds is 14. The summed E-state index contributed by atoms with van der Waals surface area (Å²) in [5.74, 6) is 1.17. The molecule has 48 heavy (non-hydrogen) atoms. The third kappa shape index (κ3) is 7.71. The summed E-state index contributed by atoms with van der Waals surface area (Å²) in [6.07, 6.45) is 4.90. The van der Waals surface area contributed by atoms with Gasteiger partial charge in [0.1, 0.15) is 0 Å². The molecule has 1 aromatic heterocycles. The number of aromatic nitrogens is 1. The Labute approximate surface area is 279 Å². The van der Waals surface area contributed by atoms with Crippen molar-refractivity contribution in [2.45, 2.75) is 39.7 Å². The van der Waals surface area contributed by atoms with Crippen LogP contribution >= 0.6 is 0 Å². The molecule has 1 aliphatic heterocycles. The molecular formula is C35H38N3O8S2+. The van der Waals surface area contributed by atoms with Crippen molar-refractivity contribution in [3.05, 3.63) is 96.2 Å². The van der Waals surface area contributed by atoms with E-state index in [1.54, 1.807) is 6.92 Å². The maximum Gasteiger partial charge on any atom is 0.374 e. The summed E-state index contributed by atoms with van der Waals surface area (Å²) in [7, 11) is -7.89. The van der Waals surface area contributed by atoms with E-state index in [2.05, 4.69) is 5.48 Å². The predicted molar refractivity (Wildman–Crippen MR) is 186 cm³/mol.